The van der Waals surface area contributed by atoms with Gasteiger partial charge in [0.05, 0.1) is 4.90 Å². The van der Waals surface area contributed by atoms with Crippen LogP contribution in [0.25, 0.3) is 21.5 Å². The van der Waals surface area contributed by atoms with E-state index in [1.165, 1.54) is 30.3 Å². The van der Waals surface area contributed by atoms with Crippen LogP contribution in [0.15, 0.2) is 52.3 Å². The van der Waals surface area contributed by atoms with E-state index in [-0.39, 0.29) is 10.3 Å². The highest BCUT2D eigenvalue weighted by Crippen LogP contribution is 2.34. The molecule has 7 nitrogen and oxygen atoms in total. The number of benzene rings is 3. The molecule has 3 N–H and O–H groups in total. The first-order valence-electron chi connectivity index (χ1n) is 6.22. The zero-order valence-electron chi connectivity index (χ0n) is 11.3. The molecule has 0 saturated carbocycles. The third-order valence-electron chi connectivity index (χ3n) is 3.46. The molecule has 0 aromatic heterocycles. The average molecular weight is 354 g/mol. The second kappa shape index (κ2) is 4.90. The normalized spacial score (nSPS) is 12.8. The molecule has 0 atom stereocenters. The molecule has 0 aliphatic carbocycles. The minimum Gasteiger partial charge on any atom is -0.506 e. The molecule has 0 saturated heterocycles. The van der Waals surface area contributed by atoms with Crippen LogP contribution in [-0.4, -0.2) is 31.0 Å². The first-order chi connectivity index (χ1) is 10.6. The Hall–Kier alpha value is -2.20. The van der Waals surface area contributed by atoms with Crippen molar-refractivity contribution in [2.24, 2.45) is 0 Å². The predicted molar refractivity (Wildman–Crippen MR) is 82.7 cm³/mol. The van der Waals surface area contributed by atoms with Gasteiger partial charge in [0.25, 0.3) is 20.2 Å². The van der Waals surface area contributed by atoms with Gasteiger partial charge in [0.15, 0.2) is 0 Å². The summed E-state index contributed by atoms with van der Waals surface area (Å²) in [6.07, 6.45) is 0. The number of fused-ring (bicyclic) bond motifs is 2. The Morgan fingerprint density at radius 2 is 1.35 bits per heavy atom. The minimum atomic E-state index is -4.60. The van der Waals surface area contributed by atoms with Crippen LogP contribution in [0.2, 0.25) is 0 Å². The van der Waals surface area contributed by atoms with Crippen molar-refractivity contribution >= 4 is 41.8 Å². The van der Waals surface area contributed by atoms with Gasteiger partial charge in [-0.3, -0.25) is 9.11 Å². The maximum absolute atomic E-state index is 11.2. The molecule has 0 spiro atoms. The fourth-order valence-electron chi connectivity index (χ4n) is 2.38. The lowest BCUT2D eigenvalue weighted by Crippen LogP contribution is -1.99. The summed E-state index contributed by atoms with van der Waals surface area (Å²) >= 11 is 0. The fourth-order valence-corrected chi connectivity index (χ4v) is 3.49. The molecular formula is C14H10O7S2. The van der Waals surface area contributed by atoms with Gasteiger partial charge in [0, 0.05) is 5.39 Å². The third kappa shape index (κ3) is 2.75. The van der Waals surface area contributed by atoms with Crippen molar-refractivity contribution in [3.63, 3.8) is 0 Å². The van der Waals surface area contributed by atoms with E-state index in [1.807, 2.05) is 0 Å². The average Bonchev–Trinajstić information content (AvgIpc) is 2.43. The molecule has 3 aromatic rings. The second-order valence-corrected chi connectivity index (χ2v) is 7.76. The first-order valence-corrected chi connectivity index (χ1v) is 9.10. The SMILES string of the molecule is O=S(=O)(O)c1ccc2cc3ccc(S(=O)(=O)O)c(O)c3cc2c1. The van der Waals surface area contributed by atoms with Gasteiger partial charge in [-0.1, -0.05) is 12.1 Å². The number of hydrogen-bond acceptors (Lipinski definition) is 5. The van der Waals surface area contributed by atoms with Crippen LogP contribution >= 0.6 is 0 Å². The Balaban J connectivity index is 2.40. The van der Waals surface area contributed by atoms with E-state index >= 15 is 0 Å². The monoisotopic (exact) mass is 354 g/mol. The van der Waals surface area contributed by atoms with Crippen molar-refractivity contribution in [3.8, 4) is 5.75 Å². The Labute approximate surface area is 131 Å². The molecule has 0 unspecified atom stereocenters. The van der Waals surface area contributed by atoms with E-state index in [0.717, 1.165) is 6.07 Å². The molecule has 3 aromatic carbocycles. The predicted octanol–water partition coefficient (Wildman–Crippen LogP) is 2.19. The molecule has 9 heteroatoms. The van der Waals surface area contributed by atoms with Crippen molar-refractivity contribution in [2.45, 2.75) is 9.79 Å². The summed E-state index contributed by atoms with van der Waals surface area (Å²) in [7, 11) is -8.98. The highest BCUT2D eigenvalue weighted by molar-refractivity contribution is 7.86. The van der Waals surface area contributed by atoms with Crippen LogP contribution in [0.4, 0.5) is 0 Å². The van der Waals surface area contributed by atoms with Gasteiger partial charge in [-0.05, 0) is 46.5 Å². The maximum atomic E-state index is 11.2. The molecule has 3 rings (SSSR count). The lowest BCUT2D eigenvalue weighted by molar-refractivity contribution is 0.448. The van der Waals surface area contributed by atoms with E-state index in [2.05, 4.69) is 0 Å². The van der Waals surface area contributed by atoms with Crippen LogP contribution in [0.5, 0.6) is 5.75 Å². The number of aromatic hydroxyl groups is 1. The molecule has 0 radical (unpaired) electrons. The van der Waals surface area contributed by atoms with E-state index < -0.39 is 30.9 Å². The molecule has 23 heavy (non-hydrogen) atoms. The number of hydrogen-bond donors (Lipinski definition) is 3. The standard InChI is InChI=1S/C14H10O7S2/c15-14-12-7-10-6-11(22(16,17)18)3-1-8(10)5-9(12)2-4-13(14)23(19,20)21/h1-7,15H,(H,16,17,18)(H,19,20,21). The lowest BCUT2D eigenvalue weighted by Gasteiger charge is -2.08. The van der Waals surface area contributed by atoms with Crippen LogP contribution in [-0.2, 0) is 20.2 Å². The smallest absolute Gasteiger partial charge is 0.298 e. The zero-order valence-corrected chi connectivity index (χ0v) is 13.0. The van der Waals surface area contributed by atoms with Gasteiger partial charge in [0.2, 0.25) is 0 Å². The van der Waals surface area contributed by atoms with E-state index in [0.29, 0.717) is 16.2 Å². The molecular weight excluding hydrogens is 344 g/mol. The summed E-state index contributed by atoms with van der Waals surface area (Å²) in [6.45, 7) is 0. The first kappa shape index (κ1) is 15.7. The van der Waals surface area contributed by atoms with Crippen LogP contribution in [0.3, 0.4) is 0 Å². The molecule has 0 bridgehead atoms. The minimum absolute atomic E-state index is 0.125. The number of phenolic OH excluding ortho intramolecular Hbond substituents is 1. The molecule has 120 valence electrons. The summed E-state index contributed by atoms with van der Waals surface area (Å²) < 4.78 is 63.0. The van der Waals surface area contributed by atoms with E-state index in [1.54, 1.807) is 6.07 Å². The van der Waals surface area contributed by atoms with E-state index in [9.17, 15) is 21.9 Å². The molecule has 0 heterocycles. The Bertz CT molecular complexity index is 1160. The number of rotatable bonds is 2. The van der Waals surface area contributed by atoms with Gasteiger partial charge < -0.3 is 5.11 Å². The van der Waals surface area contributed by atoms with Gasteiger partial charge in [-0.2, -0.15) is 16.8 Å². The largest absolute Gasteiger partial charge is 0.506 e. The van der Waals surface area contributed by atoms with Gasteiger partial charge in [-0.15, -0.1) is 0 Å². The molecule has 0 fully saturated rings. The van der Waals surface area contributed by atoms with Crippen LogP contribution < -0.4 is 0 Å². The summed E-state index contributed by atoms with van der Waals surface area (Å²) in [6, 6.07) is 9.39. The summed E-state index contributed by atoms with van der Waals surface area (Å²) in [5, 5.41) is 11.7. The van der Waals surface area contributed by atoms with Crippen molar-refractivity contribution in [3.05, 3.63) is 42.5 Å². The van der Waals surface area contributed by atoms with Crippen LogP contribution in [0, 0.1) is 0 Å². The van der Waals surface area contributed by atoms with Crippen molar-refractivity contribution in [2.75, 3.05) is 0 Å². The highest BCUT2D eigenvalue weighted by Gasteiger charge is 2.18. The van der Waals surface area contributed by atoms with Crippen molar-refractivity contribution in [1.82, 2.24) is 0 Å². The summed E-state index contributed by atoms with van der Waals surface area (Å²) in [4.78, 5) is -0.968. The molecule has 0 aliphatic rings. The highest BCUT2D eigenvalue weighted by atomic mass is 32.2. The van der Waals surface area contributed by atoms with Gasteiger partial charge >= 0.3 is 0 Å². The Morgan fingerprint density at radius 3 is 1.96 bits per heavy atom. The zero-order chi connectivity index (χ0) is 17.0. The van der Waals surface area contributed by atoms with Crippen LogP contribution in [0.1, 0.15) is 0 Å². The molecule has 0 amide bonds. The van der Waals surface area contributed by atoms with E-state index in [4.69, 9.17) is 9.11 Å². The Morgan fingerprint density at radius 1 is 0.696 bits per heavy atom. The summed E-state index contributed by atoms with van der Waals surface area (Å²) in [5.74, 6) is -0.635. The Kier molecular flexibility index (Phi) is 3.34. The lowest BCUT2D eigenvalue weighted by atomic mass is 10.0. The van der Waals surface area contributed by atoms with Crippen molar-refractivity contribution in [1.29, 1.82) is 0 Å². The van der Waals surface area contributed by atoms with Gasteiger partial charge in [-0.25, -0.2) is 0 Å². The quantitative estimate of drug-likeness (QED) is 0.475. The maximum Gasteiger partial charge on any atom is 0.298 e. The van der Waals surface area contributed by atoms with Gasteiger partial charge in [0.1, 0.15) is 10.6 Å². The topological polar surface area (TPSA) is 129 Å². The second-order valence-electron chi connectivity index (χ2n) is 4.94. The van der Waals surface area contributed by atoms with Crippen molar-refractivity contribution < 1.29 is 31.0 Å². The summed E-state index contributed by atoms with van der Waals surface area (Å²) in [5.41, 5.74) is 0. The number of phenols is 1. The third-order valence-corrected chi connectivity index (χ3v) is 5.19. The molecule has 0 aliphatic heterocycles. The fraction of sp³-hybridized carbons (Fsp3) is 0.